The fraction of sp³-hybridized carbons (Fsp3) is 0.500. The Balaban J connectivity index is 2.15. The van der Waals surface area contributed by atoms with Crippen molar-refractivity contribution in [1.82, 2.24) is 5.32 Å². The molecule has 0 spiro atoms. The number of methoxy groups -OCH3 is 1. The predicted octanol–water partition coefficient (Wildman–Crippen LogP) is 1.60. The quantitative estimate of drug-likeness (QED) is 0.647. The van der Waals surface area contributed by atoms with Crippen LogP contribution in [-0.4, -0.2) is 30.0 Å². The van der Waals surface area contributed by atoms with Crippen LogP contribution in [0.4, 0.5) is 5.69 Å². The van der Waals surface area contributed by atoms with Crippen molar-refractivity contribution in [3.05, 3.63) is 33.9 Å². The van der Waals surface area contributed by atoms with E-state index in [-0.39, 0.29) is 35.0 Å². The number of carbonyl (C=O) groups is 1. The van der Waals surface area contributed by atoms with Crippen molar-refractivity contribution in [2.75, 3.05) is 7.11 Å². The lowest BCUT2D eigenvalue weighted by Gasteiger charge is -2.29. The monoisotopic (exact) mass is 293 g/mol. The molecule has 0 heterocycles. The Morgan fingerprint density at radius 3 is 2.76 bits per heavy atom. The Kier molecular flexibility index (Phi) is 4.74. The number of benzene rings is 1. The summed E-state index contributed by atoms with van der Waals surface area (Å²) >= 11 is 0. The molecule has 1 aromatic rings. The fourth-order valence-corrected chi connectivity index (χ4v) is 2.56. The van der Waals surface area contributed by atoms with E-state index in [0.717, 1.165) is 25.7 Å². The van der Waals surface area contributed by atoms with E-state index in [1.165, 1.54) is 25.3 Å². The van der Waals surface area contributed by atoms with Crippen LogP contribution in [0.5, 0.6) is 5.75 Å². The molecule has 1 aliphatic carbocycles. The lowest BCUT2D eigenvalue weighted by molar-refractivity contribution is -0.385. The van der Waals surface area contributed by atoms with E-state index in [1.54, 1.807) is 0 Å². The third-order valence-electron chi connectivity index (χ3n) is 3.77. The lowest BCUT2D eigenvalue weighted by Crippen LogP contribution is -2.49. The van der Waals surface area contributed by atoms with E-state index in [4.69, 9.17) is 10.5 Å². The Hall–Kier alpha value is -2.15. The lowest BCUT2D eigenvalue weighted by atomic mass is 9.91. The molecule has 0 radical (unpaired) electrons. The van der Waals surface area contributed by atoms with Gasteiger partial charge in [0.2, 0.25) is 0 Å². The van der Waals surface area contributed by atoms with Crippen LogP contribution < -0.4 is 15.8 Å². The molecule has 1 fully saturated rings. The number of rotatable bonds is 4. The van der Waals surface area contributed by atoms with Gasteiger partial charge in [0.1, 0.15) is 0 Å². The van der Waals surface area contributed by atoms with Gasteiger partial charge in [-0.05, 0) is 25.0 Å². The van der Waals surface area contributed by atoms with Gasteiger partial charge in [0, 0.05) is 23.7 Å². The van der Waals surface area contributed by atoms with E-state index < -0.39 is 4.92 Å². The van der Waals surface area contributed by atoms with Crippen LogP contribution in [0.3, 0.4) is 0 Å². The Labute approximate surface area is 122 Å². The standard InChI is InChI=1S/C14H19N3O4/c1-21-13-7-6-9(8-12(13)17(19)20)14(18)16-11-5-3-2-4-10(11)15/h6-8,10-11H,2-5,15H2,1H3,(H,16,18)/t10-,11-/m1/s1. The van der Waals surface area contributed by atoms with Gasteiger partial charge in [-0.1, -0.05) is 12.8 Å². The van der Waals surface area contributed by atoms with Gasteiger partial charge in [-0.3, -0.25) is 14.9 Å². The first-order valence-electron chi connectivity index (χ1n) is 6.92. The molecule has 2 atom stereocenters. The van der Waals surface area contributed by atoms with Gasteiger partial charge < -0.3 is 15.8 Å². The van der Waals surface area contributed by atoms with Gasteiger partial charge >= 0.3 is 5.69 Å². The minimum absolute atomic E-state index is 0.0593. The predicted molar refractivity (Wildman–Crippen MR) is 77.3 cm³/mol. The van der Waals surface area contributed by atoms with Crippen molar-refractivity contribution in [1.29, 1.82) is 0 Å². The SMILES string of the molecule is COc1ccc(C(=O)N[C@@H]2CCCC[C@H]2N)cc1[N+](=O)[O-]. The van der Waals surface area contributed by atoms with Crippen LogP contribution in [0.1, 0.15) is 36.0 Å². The molecule has 7 heteroatoms. The van der Waals surface area contributed by atoms with Crippen molar-refractivity contribution in [2.24, 2.45) is 5.73 Å². The molecule has 0 saturated heterocycles. The smallest absolute Gasteiger partial charge is 0.311 e. The largest absolute Gasteiger partial charge is 0.490 e. The highest BCUT2D eigenvalue weighted by molar-refractivity contribution is 5.95. The van der Waals surface area contributed by atoms with E-state index in [2.05, 4.69) is 5.32 Å². The number of amides is 1. The molecule has 1 amide bonds. The minimum atomic E-state index is -0.568. The summed E-state index contributed by atoms with van der Waals surface area (Å²) in [5.74, 6) is -0.214. The summed E-state index contributed by atoms with van der Waals surface area (Å²) in [6, 6.07) is 4.02. The average Bonchev–Trinajstić information content (AvgIpc) is 2.48. The number of nitrogens with one attached hydrogen (secondary N) is 1. The molecule has 7 nitrogen and oxygen atoms in total. The highest BCUT2D eigenvalue weighted by atomic mass is 16.6. The second kappa shape index (κ2) is 6.53. The fourth-order valence-electron chi connectivity index (χ4n) is 2.56. The zero-order chi connectivity index (χ0) is 15.4. The van der Waals surface area contributed by atoms with Crippen molar-refractivity contribution < 1.29 is 14.5 Å². The van der Waals surface area contributed by atoms with Crippen LogP contribution in [0.25, 0.3) is 0 Å². The average molecular weight is 293 g/mol. The molecule has 0 aliphatic heterocycles. The summed E-state index contributed by atoms with van der Waals surface area (Å²) in [4.78, 5) is 22.6. The number of nitro groups is 1. The molecule has 1 aromatic carbocycles. The second-order valence-corrected chi connectivity index (χ2v) is 5.17. The first kappa shape index (κ1) is 15.2. The number of ether oxygens (including phenoxy) is 1. The Morgan fingerprint density at radius 1 is 1.43 bits per heavy atom. The van der Waals surface area contributed by atoms with Crippen molar-refractivity contribution in [2.45, 2.75) is 37.8 Å². The van der Waals surface area contributed by atoms with Crippen molar-refractivity contribution >= 4 is 11.6 Å². The van der Waals surface area contributed by atoms with E-state index in [9.17, 15) is 14.9 Å². The number of nitrogens with zero attached hydrogens (tertiary/aromatic N) is 1. The molecule has 114 valence electrons. The molecular formula is C14H19N3O4. The number of carbonyl (C=O) groups excluding carboxylic acids is 1. The van der Waals surface area contributed by atoms with Crippen LogP contribution in [0.15, 0.2) is 18.2 Å². The van der Waals surface area contributed by atoms with Gasteiger partial charge in [0.05, 0.1) is 12.0 Å². The van der Waals surface area contributed by atoms with Crippen LogP contribution in [0.2, 0.25) is 0 Å². The Morgan fingerprint density at radius 2 is 2.14 bits per heavy atom. The first-order valence-corrected chi connectivity index (χ1v) is 6.92. The normalized spacial score (nSPS) is 21.6. The molecule has 0 aromatic heterocycles. The van der Waals surface area contributed by atoms with Gasteiger partial charge in [0.15, 0.2) is 5.75 Å². The maximum atomic E-state index is 12.2. The summed E-state index contributed by atoms with van der Waals surface area (Å²) in [5.41, 5.74) is 6.00. The van der Waals surface area contributed by atoms with Crippen LogP contribution in [0, 0.1) is 10.1 Å². The Bertz CT molecular complexity index is 547. The van der Waals surface area contributed by atoms with Crippen molar-refractivity contribution in [3.63, 3.8) is 0 Å². The highest BCUT2D eigenvalue weighted by Crippen LogP contribution is 2.27. The van der Waals surface area contributed by atoms with E-state index in [1.807, 2.05) is 0 Å². The molecule has 2 rings (SSSR count). The summed E-state index contributed by atoms with van der Waals surface area (Å²) in [6.45, 7) is 0. The van der Waals surface area contributed by atoms with Gasteiger partial charge in [0.25, 0.3) is 5.91 Å². The molecule has 1 aliphatic rings. The van der Waals surface area contributed by atoms with Gasteiger partial charge in [-0.25, -0.2) is 0 Å². The van der Waals surface area contributed by atoms with E-state index >= 15 is 0 Å². The van der Waals surface area contributed by atoms with Gasteiger partial charge in [-0.15, -0.1) is 0 Å². The molecule has 0 unspecified atom stereocenters. The summed E-state index contributed by atoms with van der Waals surface area (Å²) < 4.78 is 4.92. The third-order valence-corrected chi connectivity index (χ3v) is 3.77. The molecule has 1 saturated carbocycles. The van der Waals surface area contributed by atoms with Crippen LogP contribution >= 0.6 is 0 Å². The summed E-state index contributed by atoms with van der Waals surface area (Å²) in [7, 11) is 1.35. The van der Waals surface area contributed by atoms with Crippen molar-refractivity contribution in [3.8, 4) is 5.75 Å². The first-order chi connectivity index (χ1) is 10.0. The van der Waals surface area contributed by atoms with Crippen LogP contribution in [-0.2, 0) is 0 Å². The topological polar surface area (TPSA) is 107 Å². The van der Waals surface area contributed by atoms with Gasteiger partial charge in [-0.2, -0.15) is 0 Å². The molecule has 0 bridgehead atoms. The summed E-state index contributed by atoms with van der Waals surface area (Å²) in [6.07, 6.45) is 3.82. The number of hydrogen-bond acceptors (Lipinski definition) is 5. The molecule has 3 N–H and O–H groups in total. The maximum absolute atomic E-state index is 12.2. The number of nitrogens with two attached hydrogens (primary N) is 1. The third kappa shape index (κ3) is 3.49. The molecular weight excluding hydrogens is 274 g/mol. The number of nitro benzene ring substituents is 1. The maximum Gasteiger partial charge on any atom is 0.311 e. The minimum Gasteiger partial charge on any atom is -0.490 e. The van der Waals surface area contributed by atoms with E-state index in [0.29, 0.717) is 0 Å². The number of hydrogen-bond donors (Lipinski definition) is 2. The molecule has 21 heavy (non-hydrogen) atoms. The second-order valence-electron chi connectivity index (χ2n) is 5.17. The zero-order valence-corrected chi connectivity index (χ0v) is 11.9. The summed E-state index contributed by atoms with van der Waals surface area (Å²) in [5, 5.41) is 13.8. The highest BCUT2D eigenvalue weighted by Gasteiger charge is 2.25. The zero-order valence-electron chi connectivity index (χ0n) is 11.9.